The molecule has 2 aromatic heterocycles. The highest BCUT2D eigenvalue weighted by Gasteiger charge is 2.07. The molecule has 0 aliphatic carbocycles. The zero-order valence-corrected chi connectivity index (χ0v) is 9.36. The Morgan fingerprint density at radius 3 is 2.81 bits per heavy atom. The number of nitrogens with one attached hydrogen (secondary N) is 2. The third-order valence-corrected chi connectivity index (χ3v) is 2.14. The highest BCUT2D eigenvalue weighted by atomic mass is 15.3. The van der Waals surface area contributed by atoms with Gasteiger partial charge in [-0.15, -0.1) is 0 Å². The van der Waals surface area contributed by atoms with E-state index in [2.05, 4.69) is 37.6 Å². The molecular formula is C10H14N6. The minimum atomic E-state index is 0.601. The molecule has 0 spiro atoms. The molecule has 84 valence electrons. The van der Waals surface area contributed by atoms with Crippen LogP contribution in [-0.4, -0.2) is 31.9 Å². The number of anilines is 1. The maximum atomic E-state index is 4.40. The van der Waals surface area contributed by atoms with Crippen LogP contribution in [0.2, 0.25) is 0 Å². The predicted octanol–water partition coefficient (Wildman–Crippen LogP) is 1.26. The van der Waals surface area contributed by atoms with Crippen LogP contribution in [0.1, 0.15) is 19.5 Å². The standard InChI is InChI=1S/C10H14N6/c1-3-7-5-9(11-4-2)14-10(13-7)8-6-12-16-15-8/h5-6H,3-4H2,1-2H3,(H,11,13,14)(H,12,15,16). The van der Waals surface area contributed by atoms with Crippen LogP contribution in [-0.2, 0) is 6.42 Å². The first kappa shape index (κ1) is 10.5. The summed E-state index contributed by atoms with van der Waals surface area (Å²) in [5, 5.41) is 13.5. The number of hydrogen-bond donors (Lipinski definition) is 2. The van der Waals surface area contributed by atoms with Gasteiger partial charge in [-0.1, -0.05) is 6.92 Å². The molecule has 0 bridgehead atoms. The molecule has 16 heavy (non-hydrogen) atoms. The lowest BCUT2D eigenvalue weighted by Crippen LogP contribution is -2.03. The Morgan fingerprint density at radius 2 is 2.19 bits per heavy atom. The zero-order valence-electron chi connectivity index (χ0n) is 9.36. The number of aryl methyl sites for hydroxylation is 1. The number of hydrogen-bond acceptors (Lipinski definition) is 5. The van der Waals surface area contributed by atoms with Crippen LogP contribution in [0.5, 0.6) is 0 Å². The van der Waals surface area contributed by atoms with E-state index in [1.54, 1.807) is 6.20 Å². The largest absolute Gasteiger partial charge is 0.370 e. The molecule has 0 aliphatic rings. The molecule has 6 heteroatoms. The van der Waals surface area contributed by atoms with Crippen molar-refractivity contribution in [2.45, 2.75) is 20.3 Å². The van der Waals surface area contributed by atoms with Gasteiger partial charge < -0.3 is 5.32 Å². The molecule has 6 nitrogen and oxygen atoms in total. The van der Waals surface area contributed by atoms with Crippen molar-refractivity contribution >= 4 is 5.82 Å². The Morgan fingerprint density at radius 1 is 1.31 bits per heavy atom. The van der Waals surface area contributed by atoms with Gasteiger partial charge in [-0.25, -0.2) is 9.97 Å². The van der Waals surface area contributed by atoms with Crippen molar-refractivity contribution in [3.05, 3.63) is 18.0 Å². The second-order valence-corrected chi connectivity index (χ2v) is 3.31. The van der Waals surface area contributed by atoms with Crippen LogP contribution in [0.4, 0.5) is 5.82 Å². The van der Waals surface area contributed by atoms with Crippen molar-refractivity contribution in [3.63, 3.8) is 0 Å². The summed E-state index contributed by atoms with van der Waals surface area (Å²) in [6, 6.07) is 1.95. The first-order valence-corrected chi connectivity index (χ1v) is 5.31. The van der Waals surface area contributed by atoms with Crippen molar-refractivity contribution < 1.29 is 0 Å². The Hall–Kier alpha value is -1.98. The van der Waals surface area contributed by atoms with E-state index in [0.29, 0.717) is 11.5 Å². The first-order chi connectivity index (χ1) is 7.83. The minimum Gasteiger partial charge on any atom is -0.370 e. The average Bonchev–Trinajstić information content (AvgIpc) is 2.82. The summed E-state index contributed by atoms with van der Waals surface area (Å²) >= 11 is 0. The summed E-state index contributed by atoms with van der Waals surface area (Å²) in [4.78, 5) is 8.77. The Bertz CT molecular complexity index is 450. The summed E-state index contributed by atoms with van der Waals surface area (Å²) in [5.74, 6) is 1.43. The number of H-pyrrole nitrogens is 1. The molecule has 0 saturated carbocycles. The quantitative estimate of drug-likeness (QED) is 0.807. The smallest absolute Gasteiger partial charge is 0.183 e. The van der Waals surface area contributed by atoms with Crippen molar-refractivity contribution in [2.75, 3.05) is 11.9 Å². The molecule has 2 aromatic rings. The molecule has 0 amide bonds. The van der Waals surface area contributed by atoms with Gasteiger partial charge in [0.05, 0.1) is 6.20 Å². The van der Waals surface area contributed by atoms with Crippen LogP contribution < -0.4 is 5.32 Å². The van der Waals surface area contributed by atoms with Gasteiger partial charge in [-0.05, 0) is 13.3 Å². The van der Waals surface area contributed by atoms with E-state index in [9.17, 15) is 0 Å². The Balaban J connectivity index is 2.41. The fourth-order valence-corrected chi connectivity index (χ4v) is 1.37. The molecule has 0 unspecified atom stereocenters. The van der Waals surface area contributed by atoms with Crippen LogP contribution in [0, 0.1) is 0 Å². The molecule has 0 aliphatic heterocycles. The van der Waals surface area contributed by atoms with Crippen LogP contribution in [0.15, 0.2) is 12.3 Å². The summed E-state index contributed by atoms with van der Waals surface area (Å²) in [6.45, 7) is 4.92. The molecule has 0 aromatic carbocycles. The van der Waals surface area contributed by atoms with E-state index in [4.69, 9.17) is 0 Å². The van der Waals surface area contributed by atoms with Crippen molar-refractivity contribution in [1.29, 1.82) is 0 Å². The third kappa shape index (κ3) is 2.16. The van der Waals surface area contributed by atoms with Gasteiger partial charge in [0.15, 0.2) is 5.82 Å². The normalized spacial score (nSPS) is 10.4. The maximum Gasteiger partial charge on any atom is 0.183 e. The molecule has 2 N–H and O–H groups in total. The molecule has 0 atom stereocenters. The number of nitrogens with zero attached hydrogens (tertiary/aromatic N) is 4. The summed E-state index contributed by atoms with van der Waals surface area (Å²) in [7, 11) is 0. The lowest BCUT2D eigenvalue weighted by molar-refractivity contribution is 0.933. The second-order valence-electron chi connectivity index (χ2n) is 3.31. The Labute approximate surface area is 93.5 Å². The fourth-order valence-electron chi connectivity index (χ4n) is 1.37. The van der Waals surface area contributed by atoms with E-state index in [1.807, 2.05) is 13.0 Å². The van der Waals surface area contributed by atoms with Crippen molar-refractivity contribution in [2.24, 2.45) is 0 Å². The van der Waals surface area contributed by atoms with E-state index in [-0.39, 0.29) is 0 Å². The van der Waals surface area contributed by atoms with Gasteiger partial charge in [0.25, 0.3) is 0 Å². The average molecular weight is 218 g/mol. The number of aromatic amines is 1. The fraction of sp³-hybridized carbons (Fsp3) is 0.400. The van der Waals surface area contributed by atoms with Crippen LogP contribution >= 0.6 is 0 Å². The summed E-state index contributed by atoms with van der Waals surface area (Å²) < 4.78 is 0. The molecule has 2 heterocycles. The number of rotatable bonds is 4. The van der Waals surface area contributed by atoms with E-state index in [1.165, 1.54) is 0 Å². The van der Waals surface area contributed by atoms with Gasteiger partial charge in [-0.3, -0.25) is 0 Å². The first-order valence-electron chi connectivity index (χ1n) is 5.31. The highest BCUT2D eigenvalue weighted by Crippen LogP contribution is 2.14. The Kier molecular flexibility index (Phi) is 3.09. The van der Waals surface area contributed by atoms with E-state index < -0.39 is 0 Å². The lowest BCUT2D eigenvalue weighted by Gasteiger charge is -2.05. The number of aromatic nitrogens is 5. The predicted molar refractivity (Wildman–Crippen MR) is 61.0 cm³/mol. The molecule has 0 fully saturated rings. The zero-order chi connectivity index (χ0) is 11.4. The van der Waals surface area contributed by atoms with E-state index >= 15 is 0 Å². The van der Waals surface area contributed by atoms with Gasteiger partial charge in [0.2, 0.25) is 0 Å². The lowest BCUT2D eigenvalue weighted by atomic mass is 10.3. The molecule has 0 radical (unpaired) electrons. The summed E-state index contributed by atoms with van der Waals surface area (Å²) in [5.41, 5.74) is 1.65. The monoisotopic (exact) mass is 218 g/mol. The van der Waals surface area contributed by atoms with Crippen LogP contribution in [0.3, 0.4) is 0 Å². The molecule has 0 saturated heterocycles. The summed E-state index contributed by atoms with van der Waals surface area (Å²) in [6.07, 6.45) is 2.48. The van der Waals surface area contributed by atoms with Gasteiger partial charge in [-0.2, -0.15) is 15.4 Å². The molecule has 2 rings (SSSR count). The van der Waals surface area contributed by atoms with E-state index in [0.717, 1.165) is 24.5 Å². The highest BCUT2D eigenvalue weighted by molar-refractivity contribution is 5.51. The van der Waals surface area contributed by atoms with Crippen LogP contribution in [0.25, 0.3) is 11.5 Å². The molecular weight excluding hydrogens is 204 g/mol. The van der Waals surface area contributed by atoms with Gasteiger partial charge in [0.1, 0.15) is 11.5 Å². The van der Waals surface area contributed by atoms with Crippen molar-refractivity contribution in [1.82, 2.24) is 25.4 Å². The maximum absolute atomic E-state index is 4.40. The SMILES string of the molecule is CCNc1cc(CC)nc(-c2cn[nH]n2)n1. The third-order valence-electron chi connectivity index (χ3n) is 2.14. The topological polar surface area (TPSA) is 79.4 Å². The van der Waals surface area contributed by atoms with Gasteiger partial charge >= 0.3 is 0 Å². The van der Waals surface area contributed by atoms with Gasteiger partial charge in [0, 0.05) is 18.3 Å². The second kappa shape index (κ2) is 4.69. The minimum absolute atomic E-state index is 0.601. The van der Waals surface area contributed by atoms with Crippen molar-refractivity contribution in [3.8, 4) is 11.5 Å².